The summed E-state index contributed by atoms with van der Waals surface area (Å²) in [5, 5.41) is 0. The van der Waals surface area contributed by atoms with Gasteiger partial charge in [0, 0.05) is 12.0 Å². The van der Waals surface area contributed by atoms with Crippen LogP contribution in [0.2, 0.25) is 0 Å². The molecule has 100 valence electrons. The predicted molar refractivity (Wildman–Crippen MR) is 70.0 cm³/mol. The number of carbonyl (C=O) groups is 1. The molecule has 0 aromatic heterocycles. The highest BCUT2D eigenvalue weighted by Gasteiger charge is 2.30. The highest BCUT2D eigenvalue weighted by atomic mass is 16.5. The first-order valence-corrected chi connectivity index (χ1v) is 6.97. The van der Waals surface area contributed by atoms with Gasteiger partial charge in [-0.05, 0) is 59.5 Å². The second-order valence-corrected chi connectivity index (χ2v) is 5.52. The second-order valence-electron chi connectivity index (χ2n) is 5.52. The quantitative estimate of drug-likeness (QED) is 0.507. The van der Waals surface area contributed by atoms with Crippen molar-refractivity contribution >= 4 is 5.97 Å². The van der Waals surface area contributed by atoms with E-state index in [4.69, 9.17) is 4.74 Å². The molecule has 0 unspecified atom stereocenters. The molecule has 1 aliphatic heterocycles. The summed E-state index contributed by atoms with van der Waals surface area (Å²) in [5.74, 6) is -0.0472. The third-order valence-electron chi connectivity index (χ3n) is 3.69. The molecular weight excluding hydrogens is 214 g/mol. The van der Waals surface area contributed by atoms with E-state index in [0.29, 0.717) is 18.6 Å². The summed E-state index contributed by atoms with van der Waals surface area (Å²) >= 11 is 0. The number of unbranched alkanes of at least 4 members (excludes halogenated alkanes) is 2. The molecule has 3 heteroatoms. The molecule has 1 fully saturated rings. The second kappa shape index (κ2) is 7.00. The average Bonchev–Trinajstić information content (AvgIpc) is 2.58. The van der Waals surface area contributed by atoms with Gasteiger partial charge in [0.1, 0.15) is 0 Å². The van der Waals surface area contributed by atoms with Gasteiger partial charge >= 0.3 is 5.97 Å². The Labute approximate surface area is 106 Å². The van der Waals surface area contributed by atoms with Crippen LogP contribution in [0.1, 0.15) is 59.3 Å². The molecule has 0 bridgehead atoms. The molecule has 0 N–H and O–H groups in total. The fourth-order valence-electron chi connectivity index (χ4n) is 2.56. The van der Waals surface area contributed by atoms with E-state index in [9.17, 15) is 4.79 Å². The van der Waals surface area contributed by atoms with Gasteiger partial charge < -0.3 is 4.74 Å². The molecule has 1 heterocycles. The maximum absolute atomic E-state index is 11.1. The van der Waals surface area contributed by atoms with Crippen LogP contribution < -0.4 is 0 Å². The fraction of sp³-hybridized carbons (Fsp3) is 0.929. The van der Waals surface area contributed by atoms with E-state index < -0.39 is 0 Å². The van der Waals surface area contributed by atoms with Crippen molar-refractivity contribution < 1.29 is 9.53 Å². The van der Waals surface area contributed by atoms with Crippen molar-refractivity contribution in [3.8, 4) is 0 Å². The third-order valence-corrected chi connectivity index (χ3v) is 3.69. The standard InChI is InChI=1S/C14H27NO2/c1-4-17-13(16)9-6-5-7-11-15-12-8-10-14(15,2)3/h4-12H2,1-3H3. The highest BCUT2D eigenvalue weighted by molar-refractivity contribution is 5.69. The summed E-state index contributed by atoms with van der Waals surface area (Å²) in [5.41, 5.74) is 0.390. The number of esters is 1. The van der Waals surface area contributed by atoms with Crippen LogP contribution in [-0.4, -0.2) is 36.1 Å². The Morgan fingerprint density at radius 2 is 2.06 bits per heavy atom. The average molecular weight is 241 g/mol. The van der Waals surface area contributed by atoms with Crippen molar-refractivity contribution in [3.05, 3.63) is 0 Å². The molecule has 0 aliphatic carbocycles. The molecule has 17 heavy (non-hydrogen) atoms. The summed E-state index contributed by atoms with van der Waals surface area (Å²) in [6, 6.07) is 0. The maximum Gasteiger partial charge on any atom is 0.305 e. The summed E-state index contributed by atoms with van der Waals surface area (Å²) in [6.07, 6.45) is 6.52. The van der Waals surface area contributed by atoms with Gasteiger partial charge in [0.2, 0.25) is 0 Å². The molecule has 0 radical (unpaired) electrons. The van der Waals surface area contributed by atoms with Crippen LogP contribution in [0.25, 0.3) is 0 Å². The first-order chi connectivity index (χ1) is 8.06. The molecular formula is C14H27NO2. The van der Waals surface area contributed by atoms with Crippen molar-refractivity contribution in [2.75, 3.05) is 19.7 Å². The van der Waals surface area contributed by atoms with E-state index in [1.165, 1.54) is 32.4 Å². The largest absolute Gasteiger partial charge is 0.466 e. The van der Waals surface area contributed by atoms with Gasteiger partial charge in [-0.25, -0.2) is 0 Å². The van der Waals surface area contributed by atoms with Crippen LogP contribution in [0, 0.1) is 0 Å². The zero-order valence-electron chi connectivity index (χ0n) is 11.6. The van der Waals surface area contributed by atoms with E-state index in [0.717, 1.165) is 12.8 Å². The van der Waals surface area contributed by atoms with Crippen molar-refractivity contribution in [1.82, 2.24) is 4.90 Å². The number of likely N-dealkylation sites (tertiary alicyclic amines) is 1. The lowest BCUT2D eigenvalue weighted by atomic mass is 10.0. The minimum absolute atomic E-state index is 0.0472. The molecule has 1 rings (SSSR count). The number of rotatable bonds is 7. The van der Waals surface area contributed by atoms with Gasteiger partial charge in [0.05, 0.1) is 6.61 Å². The smallest absolute Gasteiger partial charge is 0.305 e. The van der Waals surface area contributed by atoms with Crippen molar-refractivity contribution in [3.63, 3.8) is 0 Å². The molecule has 1 saturated heterocycles. The first kappa shape index (κ1) is 14.5. The van der Waals surface area contributed by atoms with Gasteiger partial charge in [0.15, 0.2) is 0 Å². The molecule has 0 aromatic carbocycles. The zero-order chi connectivity index (χ0) is 12.7. The summed E-state index contributed by atoms with van der Waals surface area (Å²) < 4.78 is 4.91. The monoisotopic (exact) mass is 241 g/mol. The van der Waals surface area contributed by atoms with Crippen LogP contribution in [0.15, 0.2) is 0 Å². The lowest BCUT2D eigenvalue weighted by Crippen LogP contribution is -2.38. The lowest BCUT2D eigenvalue weighted by molar-refractivity contribution is -0.143. The number of hydrogen-bond acceptors (Lipinski definition) is 3. The SMILES string of the molecule is CCOC(=O)CCCCCN1CCCC1(C)C. The first-order valence-electron chi connectivity index (χ1n) is 6.97. The van der Waals surface area contributed by atoms with E-state index in [-0.39, 0.29) is 5.97 Å². The maximum atomic E-state index is 11.1. The number of ether oxygens (including phenoxy) is 1. The van der Waals surface area contributed by atoms with E-state index >= 15 is 0 Å². The summed E-state index contributed by atoms with van der Waals surface area (Å²) in [6.45, 7) is 9.44. The Hall–Kier alpha value is -0.570. The van der Waals surface area contributed by atoms with E-state index in [2.05, 4.69) is 18.7 Å². The van der Waals surface area contributed by atoms with Crippen molar-refractivity contribution in [1.29, 1.82) is 0 Å². The molecule has 0 atom stereocenters. The molecule has 1 aliphatic rings. The van der Waals surface area contributed by atoms with Crippen LogP contribution in [0.5, 0.6) is 0 Å². The fourth-order valence-corrected chi connectivity index (χ4v) is 2.56. The number of carbonyl (C=O) groups excluding carboxylic acids is 1. The lowest BCUT2D eigenvalue weighted by Gasteiger charge is -2.31. The Balaban J connectivity index is 2.03. The minimum Gasteiger partial charge on any atom is -0.466 e. The molecule has 0 amide bonds. The van der Waals surface area contributed by atoms with E-state index in [1.807, 2.05) is 6.92 Å². The summed E-state index contributed by atoms with van der Waals surface area (Å²) in [4.78, 5) is 13.7. The van der Waals surface area contributed by atoms with Crippen LogP contribution in [0.3, 0.4) is 0 Å². The Morgan fingerprint density at radius 1 is 1.29 bits per heavy atom. The molecule has 0 saturated carbocycles. The van der Waals surface area contributed by atoms with Gasteiger partial charge in [-0.1, -0.05) is 6.42 Å². The van der Waals surface area contributed by atoms with Crippen LogP contribution >= 0.6 is 0 Å². The Kier molecular flexibility index (Phi) is 5.96. The normalized spacial score (nSPS) is 19.5. The summed E-state index contributed by atoms with van der Waals surface area (Å²) in [7, 11) is 0. The highest BCUT2D eigenvalue weighted by Crippen LogP contribution is 2.28. The number of nitrogens with zero attached hydrogens (tertiary/aromatic N) is 1. The topological polar surface area (TPSA) is 29.5 Å². The third kappa shape index (κ3) is 5.07. The van der Waals surface area contributed by atoms with Crippen LogP contribution in [-0.2, 0) is 9.53 Å². The predicted octanol–water partition coefficient (Wildman–Crippen LogP) is 2.98. The van der Waals surface area contributed by atoms with Gasteiger partial charge in [-0.15, -0.1) is 0 Å². The van der Waals surface area contributed by atoms with E-state index in [1.54, 1.807) is 0 Å². The minimum atomic E-state index is -0.0472. The van der Waals surface area contributed by atoms with Gasteiger partial charge in [-0.3, -0.25) is 9.69 Å². The molecule has 0 spiro atoms. The van der Waals surface area contributed by atoms with Crippen molar-refractivity contribution in [2.24, 2.45) is 0 Å². The Morgan fingerprint density at radius 3 is 2.65 bits per heavy atom. The van der Waals surface area contributed by atoms with Crippen molar-refractivity contribution in [2.45, 2.75) is 64.8 Å². The Bertz CT molecular complexity index is 238. The molecule has 0 aromatic rings. The molecule has 3 nitrogen and oxygen atoms in total. The zero-order valence-corrected chi connectivity index (χ0v) is 11.6. The number of hydrogen-bond donors (Lipinski definition) is 0. The van der Waals surface area contributed by atoms with Gasteiger partial charge in [-0.2, -0.15) is 0 Å². The van der Waals surface area contributed by atoms with Gasteiger partial charge in [0.25, 0.3) is 0 Å². The van der Waals surface area contributed by atoms with Crippen LogP contribution in [0.4, 0.5) is 0 Å².